The zero-order valence-electron chi connectivity index (χ0n) is 20.4. The summed E-state index contributed by atoms with van der Waals surface area (Å²) in [5, 5.41) is 13.1. The molecule has 1 aromatic carbocycles. The quantitative estimate of drug-likeness (QED) is 0.402. The van der Waals surface area contributed by atoms with Crippen LogP contribution in [0.25, 0.3) is 0 Å². The van der Waals surface area contributed by atoms with Gasteiger partial charge in [0.2, 0.25) is 0 Å². The number of carbonyl (C=O) groups is 1. The van der Waals surface area contributed by atoms with Crippen LogP contribution in [0.4, 0.5) is 11.5 Å². The van der Waals surface area contributed by atoms with Gasteiger partial charge in [0.15, 0.2) is 0 Å². The minimum Gasteiger partial charge on any atom is -0.365 e. The highest BCUT2D eigenvalue weighted by atomic mass is 31.2. The molecule has 1 N–H and O–H groups in total. The standard InChI is InChI=1S/C27H28N5O4P/c28-20-27(12-1-2-13-27)22-6-8-23(9-7-22)32(37(34)35-17-4-18-36-37)26(33)24-5-3-14-30-25(24)31-19-21-10-15-29-16-11-21/h3,5-11,14-16H,1-2,4,12-13,17-19H2,(H,30,31). The second-order valence-corrected chi connectivity index (χ2v) is 11.0. The zero-order valence-corrected chi connectivity index (χ0v) is 21.3. The highest BCUT2D eigenvalue weighted by molar-refractivity contribution is 7.57. The fraction of sp³-hybridized carbons (Fsp3) is 0.333. The van der Waals surface area contributed by atoms with Crippen LogP contribution in [0.5, 0.6) is 0 Å². The van der Waals surface area contributed by atoms with Crippen LogP contribution in [-0.2, 0) is 25.6 Å². The Morgan fingerprint density at radius 2 is 1.73 bits per heavy atom. The molecule has 3 aromatic rings. The summed E-state index contributed by atoms with van der Waals surface area (Å²) in [6.07, 6.45) is 9.18. The molecule has 1 saturated heterocycles. The summed E-state index contributed by atoms with van der Waals surface area (Å²) in [7, 11) is -3.97. The molecule has 0 unspecified atom stereocenters. The Morgan fingerprint density at radius 1 is 1.03 bits per heavy atom. The molecule has 0 atom stereocenters. The molecule has 3 heterocycles. The van der Waals surface area contributed by atoms with Gasteiger partial charge >= 0.3 is 7.75 Å². The van der Waals surface area contributed by atoms with Crippen LogP contribution in [0.15, 0.2) is 67.1 Å². The third-order valence-electron chi connectivity index (χ3n) is 6.82. The molecule has 10 heteroatoms. The maximum Gasteiger partial charge on any atom is 0.442 e. The predicted molar refractivity (Wildman–Crippen MR) is 139 cm³/mol. The van der Waals surface area contributed by atoms with Crippen molar-refractivity contribution in [1.82, 2.24) is 9.97 Å². The van der Waals surface area contributed by atoms with Gasteiger partial charge in [-0.2, -0.15) is 5.26 Å². The first-order valence-corrected chi connectivity index (χ1v) is 13.9. The van der Waals surface area contributed by atoms with E-state index < -0.39 is 19.1 Å². The topological polar surface area (TPSA) is 117 Å². The zero-order chi connectivity index (χ0) is 25.7. The van der Waals surface area contributed by atoms with E-state index in [4.69, 9.17) is 9.05 Å². The van der Waals surface area contributed by atoms with Crippen LogP contribution in [0.2, 0.25) is 0 Å². The van der Waals surface area contributed by atoms with Gasteiger partial charge in [-0.05, 0) is 66.8 Å². The van der Waals surface area contributed by atoms with Gasteiger partial charge < -0.3 is 5.32 Å². The smallest absolute Gasteiger partial charge is 0.365 e. The minimum atomic E-state index is -3.97. The van der Waals surface area contributed by atoms with Crippen molar-refractivity contribution in [2.75, 3.05) is 23.2 Å². The van der Waals surface area contributed by atoms with E-state index in [1.54, 1.807) is 42.9 Å². The summed E-state index contributed by atoms with van der Waals surface area (Å²) >= 11 is 0. The summed E-state index contributed by atoms with van der Waals surface area (Å²) in [6, 6.07) is 16.6. The second kappa shape index (κ2) is 10.8. The monoisotopic (exact) mass is 517 g/mol. The summed E-state index contributed by atoms with van der Waals surface area (Å²) in [5.41, 5.74) is 1.94. The molecule has 9 nitrogen and oxygen atoms in total. The number of nitriles is 1. The molecule has 0 bridgehead atoms. The van der Waals surface area contributed by atoms with Gasteiger partial charge in [0, 0.05) is 25.1 Å². The van der Waals surface area contributed by atoms with E-state index >= 15 is 0 Å². The van der Waals surface area contributed by atoms with Crippen LogP contribution in [0, 0.1) is 11.3 Å². The van der Waals surface area contributed by atoms with Crippen molar-refractivity contribution in [3.8, 4) is 6.07 Å². The molecule has 37 heavy (non-hydrogen) atoms. The van der Waals surface area contributed by atoms with E-state index in [1.807, 2.05) is 24.3 Å². The van der Waals surface area contributed by atoms with Gasteiger partial charge in [-0.15, -0.1) is 0 Å². The lowest BCUT2D eigenvalue weighted by atomic mass is 9.80. The Labute approximate surface area is 216 Å². The lowest BCUT2D eigenvalue weighted by Gasteiger charge is -2.33. The van der Waals surface area contributed by atoms with Crippen LogP contribution in [0.1, 0.15) is 53.6 Å². The van der Waals surface area contributed by atoms with Crippen molar-refractivity contribution >= 4 is 25.2 Å². The number of amides is 1. The molecule has 0 radical (unpaired) electrons. The van der Waals surface area contributed by atoms with Gasteiger partial charge in [-0.25, -0.2) is 14.2 Å². The number of aromatic nitrogens is 2. The van der Waals surface area contributed by atoms with Crippen molar-refractivity contribution in [2.45, 2.75) is 44.1 Å². The Bertz CT molecular complexity index is 1330. The van der Waals surface area contributed by atoms with E-state index in [0.717, 1.165) is 41.5 Å². The molecule has 2 fully saturated rings. The van der Waals surface area contributed by atoms with Gasteiger partial charge in [-0.1, -0.05) is 25.0 Å². The molecular weight excluding hydrogens is 489 g/mol. The Morgan fingerprint density at radius 3 is 2.41 bits per heavy atom. The molecule has 5 rings (SSSR count). The second-order valence-electron chi connectivity index (χ2n) is 9.16. The van der Waals surface area contributed by atoms with Gasteiger partial charge in [0.1, 0.15) is 5.82 Å². The molecule has 1 saturated carbocycles. The first-order valence-electron chi connectivity index (χ1n) is 12.4. The van der Waals surface area contributed by atoms with Gasteiger partial charge in [-0.3, -0.25) is 18.8 Å². The molecule has 1 aliphatic heterocycles. The number of hydrogen-bond acceptors (Lipinski definition) is 8. The maximum atomic E-state index is 14.0. The van der Waals surface area contributed by atoms with Crippen LogP contribution < -0.4 is 9.99 Å². The van der Waals surface area contributed by atoms with Crippen LogP contribution in [0.3, 0.4) is 0 Å². The number of nitrogens with one attached hydrogen (secondary N) is 1. The third-order valence-corrected chi connectivity index (χ3v) is 8.74. The SMILES string of the molecule is N#CC1(c2ccc(N(C(=O)c3cccnc3NCc3ccncc3)P3(=O)OCCCO3)cc2)CCCC1. The number of rotatable bonds is 7. The average Bonchev–Trinajstić information content (AvgIpc) is 3.44. The lowest BCUT2D eigenvalue weighted by molar-refractivity contribution is 0.0973. The molecule has 2 aromatic heterocycles. The van der Waals surface area contributed by atoms with E-state index in [9.17, 15) is 14.6 Å². The van der Waals surface area contributed by atoms with E-state index in [-0.39, 0.29) is 18.8 Å². The normalized spacial score (nSPS) is 18.0. The highest BCUT2D eigenvalue weighted by Crippen LogP contribution is 2.57. The van der Waals surface area contributed by atoms with Crippen molar-refractivity contribution in [2.24, 2.45) is 0 Å². The first kappa shape index (κ1) is 25.1. The molecule has 1 amide bonds. The van der Waals surface area contributed by atoms with E-state index in [0.29, 0.717) is 24.5 Å². The molecule has 1 aliphatic carbocycles. The van der Waals surface area contributed by atoms with Crippen LogP contribution >= 0.6 is 7.75 Å². The van der Waals surface area contributed by atoms with Gasteiger partial charge in [0.25, 0.3) is 5.91 Å². The Hall–Kier alpha value is -3.57. The largest absolute Gasteiger partial charge is 0.442 e. The Balaban J connectivity index is 1.49. The van der Waals surface area contributed by atoms with Gasteiger partial charge in [0.05, 0.1) is 35.9 Å². The Kier molecular flexibility index (Phi) is 7.33. The van der Waals surface area contributed by atoms with E-state index in [2.05, 4.69) is 21.4 Å². The molecule has 0 spiro atoms. The maximum absolute atomic E-state index is 14.0. The van der Waals surface area contributed by atoms with Crippen LogP contribution in [-0.4, -0.2) is 29.1 Å². The number of nitrogens with zero attached hydrogens (tertiary/aromatic N) is 4. The minimum absolute atomic E-state index is 0.219. The molecular formula is C27H28N5O4P. The van der Waals surface area contributed by atoms with Crippen molar-refractivity contribution in [3.05, 3.63) is 83.8 Å². The van der Waals surface area contributed by atoms with E-state index in [1.165, 1.54) is 0 Å². The number of hydrogen-bond donors (Lipinski definition) is 1. The highest BCUT2D eigenvalue weighted by Gasteiger charge is 2.42. The van der Waals surface area contributed by atoms with Crippen molar-refractivity contribution in [3.63, 3.8) is 0 Å². The number of carbonyl (C=O) groups excluding carboxylic acids is 1. The summed E-state index contributed by atoms with van der Waals surface area (Å²) in [5.74, 6) is -0.205. The lowest BCUT2D eigenvalue weighted by Crippen LogP contribution is -2.32. The number of pyridine rings is 2. The average molecular weight is 518 g/mol. The number of benzene rings is 1. The van der Waals surface area contributed by atoms with Crippen molar-refractivity contribution < 1.29 is 18.4 Å². The fourth-order valence-corrected chi connectivity index (χ4v) is 6.60. The summed E-state index contributed by atoms with van der Waals surface area (Å²) < 4.78 is 26.2. The molecule has 190 valence electrons. The summed E-state index contributed by atoms with van der Waals surface area (Å²) in [6.45, 7) is 0.864. The number of anilines is 2. The third kappa shape index (κ3) is 5.14. The first-order chi connectivity index (χ1) is 18.0. The van der Waals surface area contributed by atoms with Crippen molar-refractivity contribution in [1.29, 1.82) is 5.26 Å². The summed E-state index contributed by atoms with van der Waals surface area (Å²) in [4.78, 5) is 22.4. The predicted octanol–water partition coefficient (Wildman–Crippen LogP) is 5.62. The fourth-order valence-electron chi connectivity index (χ4n) is 4.83. The molecule has 2 aliphatic rings.